The highest BCUT2D eigenvalue weighted by Crippen LogP contribution is 2.05. The van der Waals surface area contributed by atoms with Crippen molar-refractivity contribution in [2.45, 2.75) is 32.7 Å². The van der Waals surface area contributed by atoms with Crippen LogP contribution in [0.5, 0.6) is 0 Å². The zero-order chi connectivity index (χ0) is 8.81. The van der Waals surface area contributed by atoms with Crippen LogP contribution in [0.25, 0.3) is 0 Å². The summed E-state index contributed by atoms with van der Waals surface area (Å²) in [5, 5.41) is 7.83. The second kappa shape index (κ2) is 5.33. The molecule has 0 saturated heterocycles. The van der Waals surface area contributed by atoms with Crippen molar-refractivity contribution in [2.24, 2.45) is 0 Å². The Kier molecular flexibility index (Phi) is 4.33. The van der Waals surface area contributed by atoms with Gasteiger partial charge in [-0.3, -0.25) is 0 Å². The summed E-state index contributed by atoms with van der Waals surface area (Å²) in [7, 11) is 0. The minimum absolute atomic E-state index is 0.656. The lowest BCUT2D eigenvalue weighted by atomic mass is 10.2. The van der Waals surface area contributed by atoms with Crippen LogP contribution in [0.1, 0.15) is 25.8 Å². The van der Waals surface area contributed by atoms with Crippen LogP contribution < -0.4 is 5.32 Å². The molecule has 0 saturated carbocycles. The third-order valence-corrected chi connectivity index (χ3v) is 2.83. The number of thiophene rings is 1. The molecule has 0 aliphatic carbocycles. The SMILES string of the molecule is CCC(C)NCCc1ccsc1. The second-order valence-electron chi connectivity index (χ2n) is 3.15. The van der Waals surface area contributed by atoms with Crippen LogP contribution in [0.2, 0.25) is 0 Å². The lowest BCUT2D eigenvalue weighted by Crippen LogP contribution is -2.27. The second-order valence-corrected chi connectivity index (χ2v) is 3.93. The summed E-state index contributed by atoms with van der Waals surface area (Å²) in [6.07, 6.45) is 2.37. The summed E-state index contributed by atoms with van der Waals surface area (Å²) >= 11 is 1.78. The zero-order valence-electron chi connectivity index (χ0n) is 7.84. The summed E-state index contributed by atoms with van der Waals surface area (Å²) in [4.78, 5) is 0. The molecule has 0 radical (unpaired) electrons. The van der Waals surface area contributed by atoms with E-state index in [0.29, 0.717) is 6.04 Å². The Morgan fingerprint density at radius 1 is 1.58 bits per heavy atom. The van der Waals surface area contributed by atoms with Crippen molar-refractivity contribution in [3.05, 3.63) is 22.4 Å². The van der Waals surface area contributed by atoms with Gasteiger partial charge in [-0.1, -0.05) is 6.92 Å². The fraction of sp³-hybridized carbons (Fsp3) is 0.600. The van der Waals surface area contributed by atoms with Crippen LogP contribution in [0.4, 0.5) is 0 Å². The molecule has 1 N–H and O–H groups in total. The van der Waals surface area contributed by atoms with Crippen molar-refractivity contribution in [1.82, 2.24) is 5.32 Å². The number of nitrogens with one attached hydrogen (secondary N) is 1. The molecule has 1 aromatic heterocycles. The summed E-state index contributed by atoms with van der Waals surface area (Å²) in [5.74, 6) is 0. The van der Waals surface area contributed by atoms with E-state index in [-0.39, 0.29) is 0 Å². The lowest BCUT2D eigenvalue weighted by molar-refractivity contribution is 0.537. The topological polar surface area (TPSA) is 12.0 Å². The molecule has 12 heavy (non-hydrogen) atoms. The van der Waals surface area contributed by atoms with Crippen LogP contribution in [-0.4, -0.2) is 12.6 Å². The van der Waals surface area contributed by atoms with E-state index in [2.05, 4.69) is 36.0 Å². The minimum Gasteiger partial charge on any atom is -0.314 e. The Morgan fingerprint density at radius 2 is 2.42 bits per heavy atom. The van der Waals surface area contributed by atoms with E-state index < -0.39 is 0 Å². The Morgan fingerprint density at radius 3 is 3.00 bits per heavy atom. The monoisotopic (exact) mass is 183 g/mol. The van der Waals surface area contributed by atoms with Crippen molar-refractivity contribution in [1.29, 1.82) is 0 Å². The average Bonchev–Trinajstić information content (AvgIpc) is 2.57. The molecular formula is C10H17NS. The molecule has 0 bridgehead atoms. The molecule has 1 heterocycles. The molecule has 1 nitrogen and oxygen atoms in total. The molecule has 0 amide bonds. The van der Waals surface area contributed by atoms with Crippen molar-refractivity contribution < 1.29 is 0 Å². The highest BCUT2D eigenvalue weighted by atomic mass is 32.1. The van der Waals surface area contributed by atoms with Gasteiger partial charge >= 0.3 is 0 Å². The minimum atomic E-state index is 0.656. The standard InChI is InChI=1S/C10H17NS/c1-3-9(2)11-6-4-10-5-7-12-8-10/h5,7-9,11H,3-4,6H2,1-2H3. The molecule has 1 aromatic rings. The molecule has 0 fully saturated rings. The molecule has 0 aliphatic heterocycles. The van der Waals surface area contributed by atoms with Gasteiger partial charge in [0, 0.05) is 6.04 Å². The average molecular weight is 183 g/mol. The fourth-order valence-corrected chi connectivity index (χ4v) is 1.75. The van der Waals surface area contributed by atoms with Crippen molar-refractivity contribution in [3.63, 3.8) is 0 Å². The molecule has 0 aliphatic rings. The van der Waals surface area contributed by atoms with Gasteiger partial charge in [-0.25, -0.2) is 0 Å². The maximum absolute atomic E-state index is 3.48. The van der Waals surface area contributed by atoms with Gasteiger partial charge < -0.3 is 5.32 Å². The quantitative estimate of drug-likeness (QED) is 0.740. The third kappa shape index (κ3) is 3.37. The van der Waals surface area contributed by atoms with Crippen LogP contribution in [0, 0.1) is 0 Å². The Hall–Kier alpha value is -0.340. The maximum atomic E-state index is 3.48. The van der Waals surface area contributed by atoms with E-state index in [1.54, 1.807) is 11.3 Å². The van der Waals surface area contributed by atoms with E-state index in [4.69, 9.17) is 0 Å². The van der Waals surface area contributed by atoms with E-state index in [1.807, 2.05) is 0 Å². The van der Waals surface area contributed by atoms with Gasteiger partial charge in [0.25, 0.3) is 0 Å². The van der Waals surface area contributed by atoms with Gasteiger partial charge in [-0.15, -0.1) is 0 Å². The first kappa shape index (κ1) is 9.75. The van der Waals surface area contributed by atoms with Crippen LogP contribution in [0.3, 0.4) is 0 Å². The van der Waals surface area contributed by atoms with Gasteiger partial charge in [0.15, 0.2) is 0 Å². The van der Waals surface area contributed by atoms with E-state index in [9.17, 15) is 0 Å². The smallest absolute Gasteiger partial charge is 0.00362 e. The Labute approximate surface area is 78.8 Å². The van der Waals surface area contributed by atoms with Gasteiger partial charge in [-0.2, -0.15) is 11.3 Å². The number of hydrogen-bond acceptors (Lipinski definition) is 2. The van der Waals surface area contributed by atoms with Gasteiger partial charge in [0.2, 0.25) is 0 Å². The molecule has 1 rings (SSSR count). The summed E-state index contributed by atoms with van der Waals surface area (Å²) < 4.78 is 0. The van der Waals surface area contributed by atoms with Crippen molar-refractivity contribution >= 4 is 11.3 Å². The van der Waals surface area contributed by atoms with Crippen molar-refractivity contribution in [3.8, 4) is 0 Å². The first-order valence-corrected chi connectivity index (χ1v) is 5.51. The lowest BCUT2D eigenvalue weighted by Gasteiger charge is -2.09. The molecule has 0 aromatic carbocycles. The van der Waals surface area contributed by atoms with Crippen LogP contribution in [-0.2, 0) is 6.42 Å². The van der Waals surface area contributed by atoms with Gasteiger partial charge in [0.1, 0.15) is 0 Å². The molecular weight excluding hydrogens is 166 g/mol. The highest BCUT2D eigenvalue weighted by molar-refractivity contribution is 7.07. The zero-order valence-corrected chi connectivity index (χ0v) is 8.66. The normalized spacial score (nSPS) is 13.2. The Bertz CT molecular complexity index is 194. The predicted molar refractivity (Wildman–Crippen MR) is 55.8 cm³/mol. The number of rotatable bonds is 5. The fourth-order valence-electron chi connectivity index (χ4n) is 1.04. The summed E-state index contributed by atoms with van der Waals surface area (Å²) in [6.45, 7) is 5.54. The molecule has 2 heteroatoms. The highest BCUT2D eigenvalue weighted by Gasteiger charge is 1.97. The largest absolute Gasteiger partial charge is 0.314 e. The summed E-state index contributed by atoms with van der Waals surface area (Å²) in [5.41, 5.74) is 1.45. The van der Waals surface area contributed by atoms with Gasteiger partial charge in [-0.05, 0) is 48.7 Å². The molecule has 68 valence electrons. The summed E-state index contributed by atoms with van der Waals surface area (Å²) in [6, 6.07) is 2.85. The van der Waals surface area contributed by atoms with E-state index in [1.165, 1.54) is 12.0 Å². The van der Waals surface area contributed by atoms with E-state index >= 15 is 0 Å². The maximum Gasteiger partial charge on any atom is 0.00362 e. The Balaban J connectivity index is 2.11. The third-order valence-electron chi connectivity index (χ3n) is 2.10. The molecule has 1 unspecified atom stereocenters. The predicted octanol–water partition coefficient (Wildman–Crippen LogP) is 2.68. The first-order chi connectivity index (χ1) is 5.83. The molecule has 0 spiro atoms. The van der Waals surface area contributed by atoms with Gasteiger partial charge in [0.05, 0.1) is 0 Å². The van der Waals surface area contributed by atoms with Crippen LogP contribution >= 0.6 is 11.3 Å². The molecule has 1 atom stereocenters. The first-order valence-electron chi connectivity index (χ1n) is 4.57. The van der Waals surface area contributed by atoms with Crippen molar-refractivity contribution in [2.75, 3.05) is 6.54 Å². The van der Waals surface area contributed by atoms with E-state index in [0.717, 1.165) is 13.0 Å². The van der Waals surface area contributed by atoms with Crippen LogP contribution in [0.15, 0.2) is 16.8 Å². The number of hydrogen-bond donors (Lipinski definition) is 1.